The van der Waals surface area contributed by atoms with Crippen molar-refractivity contribution in [3.8, 4) is 0 Å². The average molecular weight is 251 g/mol. The number of rotatable bonds is 3. The highest BCUT2D eigenvalue weighted by Crippen LogP contribution is 2.21. The van der Waals surface area contributed by atoms with E-state index in [1.54, 1.807) is 0 Å². The molecule has 96 valence electrons. The summed E-state index contributed by atoms with van der Waals surface area (Å²) in [5, 5.41) is 10.5. The van der Waals surface area contributed by atoms with E-state index in [-0.39, 0.29) is 17.4 Å². The molecule has 18 heavy (non-hydrogen) atoms. The van der Waals surface area contributed by atoms with Gasteiger partial charge in [-0.2, -0.15) is 0 Å². The van der Waals surface area contributed by atoms with Crippen molar-refractivity contribution in [2.45, 2.75) is 32.2 Å². The molecule has 1 aromatic rings. The minimum Gasteiger partial charge on any atom is -0.432 e. The molecule has 0 radical (unpaired) electrons. The second-order valence-corrected chi connectivity index (χ2v) is 4.16. The van der Waals surface area contributed by atoms with Gasteiger partial charge in [-0.1, -0.05) is 0 Å². The van der Waals surface area contributed by atoms with Crippen LogP contribution in [0.3, 0.4) is 0 Å². The van der Waals surface area contributed by atoms with Gasteiger partial charge in [0, 0.05) is 18.6 Å². The molecule has 1 aliphatic heterocycles. The number of carbonyl (C=O) groups excluding carboxylic acids is 1. The fraction of sp³-hybridized carbons (Fsp3) is 0.417. The van der Waals surface area contributed by atoms with Crippen LogP contribution >= 0.6 is 0 Å². The lowest BCUT2D eigenvalue weighted by molar-refractivity contribution is -0.384. The van der Waals surface area contributed by atoms with Crippen LogP contribution in [-0.2, 0) is 9.47 Å². The minimum atomic E-state index is -0.524. The van der Waals surface area contributed by atoms with Crippen molar-refractivity contribution in [2.24, 2.45) is 0 Å². The van der Waals surface area contributed by atoms with Crippen molar-refractivity contribution in [3.63, 3.8) is 0 Å². The first-order valence-electron chi connectivity index (χ1n) is 5.67. The molecule has 6 nitrogen and oxygen atoms in total. The minimum absolute atomic E-state index is 0.0581. The number of carbonyl (C=O) groups is 1. The number of benzene rings is 1. The molecule has 0 N–H and O–H groups in total. The van der Waals surface area contributed by atoms with Crippen LogP contribution in [0.15, 0.2) is 24.3 Å². The quantitative estimate of drug-likeness (QED) is 0.467. The molecule has 1 heterocycles. The monoisotopic (exact) mass is 251 g/mol. The fourth-order valence-corrected chi connectivity index (χ4v) is 1.76. The van der Waals surface area contributed by atoms with Gasteiger partial charge in [0.15, 0.2) is 0 Å². The Morgan fingerprint density at radius 3 is 2.56 bits per heavy atom. The number of non-ortho nitro benzene ring substituents is 1. The van der Waals surface area contributed by atoms with Crippen LogP contribution in [0, 0.1) is 10.1 Å². The Kier molecular flexibility index (Phi) is 3.57. The highest BCUT2D eigenvalue weighted by Gasteiger charge is 2.25. The van der Waals surface area contributed by atoms with Crippen molar-refractivity contribution in [3.05, 3.63) is 39.9 Å². The Bertz CT molecular complexity index is 456. The zero-order valence-corrected chi connectivity index (χ0v) is 9.87. The van der Waals surface area contributed by atoms with E-state index in [0.717, 1.165) is 6.42 Å². The van der Waals surface area contributed by atoms with E-state index in [2.05, 4.69) is 0 Å². The molecule has 1 fully saturated rings. The van der Waals surface area contributed by atoms with Crippen molar-refractivity contribution in [2.75, 3.05) is 0 Å². The normalized spacial score (nSPS) is 22.7. The van der Waals surface area contributed by atoms with Gasteiger partial charge < -0.3 is 9.47 Å². The third kappa shape index (κ3) is 2.84. The number of hydrogen-bond acceptors (Lipinski definition) is 5. The van der Waals surface area contributed by atoms with Gasteiger partial charge in [-0.05, 0) is 25.5 Å². The van der Waals surface area contributed by atoms with E-state index in [1.165, 1.54) is 24.3 Å². The van der Waals surface area contributed by atoms with Crippen molar-refractivity contribution < 1.29 is 19.2 Å². The Morgan fingerprint density at radius 1 is 1.39 bits per heavy atom. The van der Waals surface area contributed by atoms with E-state index in [4.69, 9.17) is 9.47 Å². The summed E-state index contributed by atoms with van der Waals surface area (Å²) in [7, 11) is 0. The van der Waals surface area contributed by atoms with E-state index in [9.17, 15) is 14.9 Å². The van der Waals surface area contributed by atoms with Crippen LogP contribution in [-0.4, -0.2) is 23.3 Å². The summed E-state index contributed by atoms with van der Waals surface area (Å²) in [4.78, 5) is 21.7. The van der Waals surface area contributed by atoms with Gasteiger partial charge in [-0.25, -0.2) is 4.79 Å². The fourth-order valence-electron chi connectivity index (χ4n) is 1.76. The molecular formula is C12H13NO5. The second kappa shape index (κ2) is 5.14. The molecule has 6 heteroatoms. The molecule has 2 atom stereocenters. The maximum atomic E-state index is 11.7. The van der Waals surface area contributed by atoms with Gasteiger partial charge >= 0.3 is 5.97 Å². The molecular weight excluding hydrogens is 238 g/mol. The number of nitrogens with zero attached hydrogens (tertiary/aromatic N) is 1. The lowest BCUT2D eigenvalue weighted by Gasteiger charge is -2.12. The maximum absolute atomic E-state index is 11.7. The van der Waals surface area contributed by atoms with Crippen LogP contribution in [0.2, 0.25) is 0 Å². The SMILES string of the molecule is CC1CCC(OC(=O)c2ccc([N+](=O)[O-])cc2)O1. The van der Waals surface area contributed by atoms with Crippen molar-refractivity contribution in [1.29, 1.82) is 0 Å². The Labute approximate surface area is 104 Å². The summed E-state index contributed by atoms with van der Waals surface area (Å²) >= 11 is 0. The van der Waals surface area contributed by atoms with Crippen LogP contribution < -0.4 is 0 Å². The first-order valence-corrected chi connectivity index (χ1v) is 5.67. The largest absolute Gasteiger partial charge is 0.432 e. The lowest BCUT2D eigenvalue weighted by Crippen LogP contribution is -2.18. The second-order valence-electron chi connectivity index (χ2n) is 4.16. The topological polar surface area (TPSA) is 78.7 Å². The highest BCUT2D eigenvalue weighted by molar-refractivity contribution is 5.89. The summed E-state index contributed by atoms with van der Waals surface area (Å²) in [5.74, 6) is -0.524. The highest BCUT2D eigenvalue weighted by atomic mass is 16.7. The summed E-state index contributed by atoms with van der Waals surface area (Å²) < 4.78 is 10.5. The summed E-state index contributed by atoms with van der Waals surface area (Å²) in [6, 6.07) is 5.29. The Balaban J connectivity index is 1.98. The van der Waals surface area contributed by atoms with Gasteiger partial charge in [-0.15, -0.1) is 0 Å². The zero-order chi connectivity index (χ0) is 13.1. The lowest BCUT2D eigenvalue weighted by atomic mass is 10.2. The van der Waals surface area contributed by atoms with E-state index in [1.807, 2.05) is 6.92 Å². The number of hydrogen-bond donors (Lipinski definition) is 0. The summed E-state index contributed by atoms with van der Waals surface area (Å²) in [5.41, 5.74) is 0.223. The molecule has 1 saturated heterocycles. The molecule has 0 bridgehead atoms. The van der Waals surface area contributed by atoms with E-state index < -0.39 is 17.2 Å². The van der Waals surface area contributed by atoms with Crippen LogP contribution in [0.25, 0.3) is 0 Å². The molecule has 0 saturated carbocycles. The summed E-state index contributed by atoms with van der Waals surface area (Å²) in [6.07, 6.45) is 1.13. The number of ether oxygens (including phenoxy) is 2. The van der Waals surface area contributed by atoms with Gasteiger partial charge in [0.2, 0.25) is 6.29 Å². The maximum Gasteiger partial charge on any atom is 0.340 e. The van der Waals surface area contributed by atoms with Crippen molar-refractivity contribution >= 4 is 11.7 Å². The molecule has 1 aromatic carbocycles. The predicted molar refractivity (Wildman–Crippen MR) is 62.1 cm³/mol. The predicted octanol–water partition coefficient (Wildman–Crippen LogP) is 2.28. The molecule has 2 rings (SSSR count). The van der Waals surface area contributed by atoms with Crippen LogP contribution in [0.4, 0.5) is 5.69 Å². The molecule has 0 amide bonds. The van der Waals surface area contributed by atoms with Gasteiger partial charge in [-0.3, -0.25) is 10.1 Å². The standard InChI is InChI=1S/C12H13NO5/c1-8-2-7-11(17-8)18-12(14)9-3-5-10(6-4-9)13(15)16/h3-6,8,11H,2,7H2,1H3. The first kappa shape index (κ1) is 12.5. The van der Waals surface area contributed by atoms with Crippen LogP contribution in [0.5, 0.6) is 0 Å². The third-order valence-electron chi connectivity index (χ3n) is 2.75. The molecule has 0 aromatic heterocycles. The van der Waals surface area contributed by atoms with E-state index in [0.29, 0.717) is 6.42 Å². The average Bonchev–Trinajstić information content (AvgIpc) is 2.75. The Hall–Kier alpha value is -1.95. The summed E-state index contributed by atoms with van der Waals surface area (Å²) in [6.45, 7) is 1.92. The number of nitro benzene ring substituents is 1. The van der Waals surface area contributed by atoms with Gasteiger partial charge in [0.05, 0.1) is 16.6 Å². The molecule has 2 unspecified atom stereocenters. The molecule has 0 spiro atoms. The molecule has 0 aliphatic carbocycles. The Morgan fingerprint density at radius 2 is 2.06 bits per heavy atom. The zero-order valence-electron chi connectivity index (χ0n) is 9.87. The smallest absolute Gasteiger partial charge is 0.340 e. The number of esters is 1. The van der Waals surface area contributed by atoms with Crippen LogP contribution in [0.1, 0.15) is 30.1 Å². The third-order valence-corrected chi connectivity index (χ3v) is 2.75. The van der Waals surface area contributed by atoms with Crippen molar-refractivity contribution in [1.82, 2.24) is 0 Å². The van der Waals surface area contributed by atoms with Gasteiger partial charge in [0.1, 0.15) is 0 Å². The van der Waals surface area contributed by atoms with E-state index >= 15 is 0 Å². The first-order chi connectivity index (χ1) is 8.56. The van der Waals surface area contributed by atoms with Gasteiger partial charge in [0.25, 0.3) is 5.69 Å². The molecule has 1 aliphatic rings. The number of nitro groups is 1.